The van der Waals surface area contributed by atoms with E-state index in [0.29, 0.717) is 12.1 Å². The minimum absolute atomic E-state index is 0.0990. The summed E-state index contributed by atoms with van der Waals surface area (Å²) in [6.45, 7) is 0.401. The summed E-state index contributed by atoms with van der Waals surface area (Å²) in [5.41, 5.74) is 6.56. The van der Waals surface area contributed by atoms with Gasteiger partial charge in [-0.05, 0) is 64.7 Å². The van der Waals surface area contributed by atoms with Crippen LogP contribution in [0.5, 0.6) is 0 Å². The number of amides is 1. The number of carbonyl (C=O) groups is 2. The number of rotatable bonds is 8. The van der Waals surface area contributed by atoms with Gasteiger partial charge in [-0.3, -0.25) is 4.79 Å². The summed E-state index contributed by atoms with van der Waals surface area (Å²) in [6, 6.07) is 33.5. The monoisotopic (exact) mass is 490 g/mol. The summed E-state index contributed by atoms with van der Waals surface area (Å²) in [4.78, 5) is 28.9. The van der Waals surface area contributed by atoms with Crippen LogP contribution in [0.3, 0.4) is 0 Å². The zero-order valence-corrected chi connectivity index (χ0v) is 21.3. The minimum atomic E-state index is -0.431. The molecule has 0 N–H and O–H groups in total. The molecule has 5 nitrogen and oxygen atoms in total. The molecule has 5 heteroatoms. The van der Waals surface area contributed by atoms with Gasteiger partial charge in [0.25, 0.3) is 5.91 Å². The Balaban J connectivity index is 1.62. The molecule has 0 radical (unpaired) electrons. The second-order valence-electron chi connectivity index (χ2n) is 8.85. The molecule has 186 valence electrons. The van der Waals surface area contributed by atoms with E-state index in [0.717, 1.165) is 33.6 Å². The van der Waals surface area contributed by atoms with E-state index in [4.69, 9.17) is 4.74 Å². The standard InChI is InChI=1S/C32H30N2O3/c1-33(2)29-19-17-27(18-20-29)26-15-12-25(13-16-26)23-34(32(36)28-9-5-4-6-10-28)30-11-7-8-24(22-30)14-21-31(35)37-3/h4-22H,23H2,1-3H3. The lowest BCUT2D eigenvalue weighted by molar-refractivity contribution is -0.134. The Hall–Kier alpha value is -4.64. The lowest BCUT2D eigenvalue weighted by atomic mass is 10.0. The van der Waals surface area contributed by atoms with Crippen molar-refractivity contribution in [2.24, 2.45) is 0 Å². The molecule has 4 aromatic rings. The fourth-order valence-corrected chi connectivity index (χ4v) is 3.98. The molecule has 0 saturated heterocycles. The number of ether oxygens (including phenoxy) is 1. The maximum atomic E-state index is 13.6. The number of nitrogens with zero attached hydrogens (tertiary/aromatic N) is 2. The van der Waals surface area contributed by atoms with Gasteiger partial charge in [-0.1, -0.05) is 66.7 Å². The summed E-state index contributed by atoms with van der Waals surface area (Å²) in [5.74, 6) is -0.530. The molecule has 0 heterocycles. The third-order valence-corrected chi connectivity index (χ3v) is 6.07. The number of benzene rings is 4. The van der Waals surface area contributed by atoms with E-state index in [-0.39, 0.29) is 5.91 Å². The fraction of sp³-hybridized carbons (Fsp3) is 0.125. The predicted molar refractivity (Wildman–Crippen MR) is 151 cm³/mol. The van der Waals surface area contributed by atoms with E-state index in [1.54, 1.807) is 11.0 Å². The number of carbonyl (C=O) groups excluding carboxylic acids is 2. The fourth-order valence-electron chi connectivity index (χ4n) is 3.98. The highest BCUT2D eigenvalue weighted by atomic mass is 16.5. The number of anilines is 2. The first-order chi connectivity index (χ1) is 17.9. The molecule has 0 bridgehead atoms. The van der Waals surface area contributed by atoms with E-state index >= 15 is 0 Å². The first-order valence-corrected chi connectivity index (χ1v) is 12.0. The molecule has 0 atom stereocenters. The molecule has 37 heavy (non-hydrogen) atoms. The summed E-state index contributed by atoms with van der Waals surface area (Å²) >= 11 is 0. The van der Waals surface area contributed by atoms with Gasteiger partial charge in [-0.2, -0.15) is 0 Å². The molecule has 1 amide bonds. The molecule has 0 fully saturated rings. The van der Waals surface area contributed by atoms with Crippen molar-refractivity contribution >= 4 is 29.3 Å². The van der Waals surface area contributed by atoms with Crippen LogP contribution in [0, 0.1) is 0 Å². The van der Waals surface area contributed by atoms with E-state index in [2.05, 4.69) is 53.4 Å². The van der Waals surface area contributed by atoms with E-state index in [1.165, 1.54) is 13.2 Å². The van der Waals surface area contributed by atoms with Crippen LogP contribution >= 0.6 is 0 Å². The zero-order chi connectivity index (χ0) is 26.2. The molecular formula is C32H30N2O3. The highest BCUT2D eigenvalue weighted by Crippen LogP contribution is 2.26. The molecule has 0 spiro atoms. The highest BCUT2D eigenvalue weighted by Gasteiger charge is 2.18. The van der Waals surface area contributed by atoms with Crippen molar-refractivity contribution in [3.05, 3.63) is 126 Å². The van der Waals surface area contributed by atoms with Crippen molar-refractivity contribution in [3.8, 4) is 11.1 Å². The molecule has 4 rings (SSSR count). The van der Waals surface area contributed by atoms with Crippen molar-refractivity contribution in [2.75, 3.05) is 31.0 Å². The molecule has 0 saturated carbocycles. The first-order valence-electron chi connectivity index (χ1n) is 12.0. The number of esters is 1. The van der Waals surface area contributed by atoms with Gasteiger partial charge >= 0.3 is 5.97 Å². The van der Waals surface area contributed by atoms with Crippen LogP contribution in [-0.4, -0.2) is 33.1 Å². The molecule has 0 unspecified atom stereocenters. The van der Waals surface area contributed by atoms with Crippen LogP contribution in [0.15, 0.2) is 109 Å². The maximum Gasteiger partial charge on any atom is 0.330 e. The Morgan fingerprint density at radius 1 is 0.757 bits per heavy atom. The average molecular weight is 491 g/mol. The number of methoxy groups -OCH3 is 1. The van der Waals surface area contributed by atoms with Crippen LogP contribution in [0.25, 0.3) is 17.2 Å². The number of hydrogen-bond acceptors (Lipinski definition) is 4. The second kappa shape index (κ2) is 11.9. The molecule has 0 aliphatic carbocycles. The van der Waals surface area contributed by atoms with E-state index in [1.807, 2.05) is 68.7 Å². The summed E-state index contributed by atoms with van der Waals surface area (Å²) in [5, 5.41) is 0. The summed E-state index contributed by atoms with van der Waals surface area (Å²) < 4.78 is 4.69. The van der Waals surface area contributed by atoms with Gasteiger partial charge in [0.1, 0.15) is 0 Å². The lowest BCUT2D eigenvalue weighted by Gasteiger charge is -2.24. The Morgan fingerprint density at radius 3 is 2.03 bits per heavy atom. The van der Waals surface area contributed by atoms with Gasteiger partial charge in [0.05, 0.1) is 13.7 Å². The smallest absolute Gasteiger partial charge is 0.330 e. The van der Waals surface area contributed by atoms with Gasteiger partial charge in [0.15, 0.2) is 0 Å². The molecule has 4 aromatic carbocycles. The Kier molecular flexibility index (Phi) is 8.16. The second-order valence-corrected chi connectivity index (χ2v) is 8.85. The average Bonchev–Trinajstić information content (AvgIpc) is 2.95. The lowest BCUT2D eigenvalue weighted by Crippen LogP contribution is -2.30. The maximum absolute atomic E-state index is 13.6. The van der Waals surface area contributed by atoms with Crippen LogP contribution in [0.1, 0.15) is 21.5 Å². The largest absolute Gasteiger partial charge is 0.466 e. The molecule has 0 aromatic heterocycles. The normalized spacial score (nSPS) is 10.8. The summed E-state index contributed by atoms with van der Waals surface area (Å²) in [7, 11) is 5.39. The van der Waals surface area contributed by atoms with Gasteiger partial charge in [-0.25, -0.2) is 4.79 Å². The third-order valence-electron chi connectivity index (χ3n) is 6.07. The SMILES string of the molecule is COC(=O)C=Cc1cccc(N(Cc2ccc(-c3ccc(N(C)C)cc3)cc2)C(=O)c2ccccc2)c1. The third kappa shape index (κ3) is 6.53. The van der Waals surface area contributed by atoms with E-state index < -0.39 is 5.97 Å². The van der Waals surface area contributed by atoms with Gasteiger partial charge in [0, 0.05) is 37.1 Å². The van der Waals surface area contributed by atoms with Gasteiger partial charge < -0.3 is 14.5 Å². The minimum Gasteiger partial charge on any atom is -0.466 e. The number of hydrogen-bond donors (Lipinski definition) is 0. The van der Waals surface area contributed by atoms with Crippen LogP contribution in [0.2, 0.25) is 0 Å². The molecule has 0 aliphatic rings. The topological polar surface area (TPSA) is 49.9 Å². The highest BCUT2D eigenvalue weighted by molar-refractivity contribution is 6.06. The van der Waals surface area contributed by atoms with Gasteiger partial charge in [-0.15, -0.1) is 0 Å². The molecular weight excluding hydrogens is 460 g/mol. The first kappa shape index (κ1) is 25.5. The Labute approximate surface area is 218 Å². The Morgan fingerprint density at radius 2 is 1.41 bits per heavy atom. The van der Waals surface area contributed by atoms with Crippen molar-refractivity contribution in [2.45, 2.75) is 6.54 Å². The molecule has 0 aliphatic heterocycles. The van der Waals surface area contributed by atoms with E-state index in [9.17, 15) is 9.59 Å². The van der Waals surface area contributed by atoms with Crippen molar-refractivity contribution < 1.29 is 14.3 Å². The quantitative estimate of drug-likeness (QED) is 0.210. The van der Waals surface area contributed by atoms with Gasteiger partial charge in [0.2, 0.25) is 0 Å². The Bertz CT molecular complexity index is 1380. The zero-order valence-electron chi connectivity index (χ0n) is 21.3. The van der Waals surface area contributed by atoms with Crippen molar-refractivity contribution in [3.63, 3.8) is 0 Å². The van der Waals surface area contributed by atoms with Crippen LogP contribution in [-0.2, 0) is 16.1 Å². The predicted octanol–water partition coefficient (Wildman–Crippen LogP) is 6.45. The van der Waals surface area contributed by atoms with Crippen LogP contribution < -0.4 is 9.80 Å². The summed E-state index contributed by atoms with van der Waals surface area (Å²) in [6.07, 6.45) is 3.04. The van der Waals surface area contributed by atoms with Crippen molar-refractivity contribution in [1.29, 1.82) is 0 Å². The van der Waals surface area contributed by atoms with Crippen molar-refractivity contribution in [1.82, 2.24) is 0 Å². The van der Waals surface area contributed by atoms with Crippen LogP contribution in [0.4, 0.5) is 11.4 Å².